The number of carboxylic acids is 1. The van der Waals surface area contributed by atoms with Crippen molar-refractivity contribution in [1.29, 1.82) is 0 Å². The maximum absolute atomic E-state index is 10.6. The van der Waals surface area contributed by atoms with Crippen molar-refractivity contribution in [3.63, 3.8) is 0 Å². The Morgan fingerprint density at radius 2 is 1.56 bits per heavy atom. The van der Waals surface area contributed by atoms with Crippen molar-refractivity contribution < 1.29 is 19.6 Å². The summed E-state index contributed by atoms with van der Waals surface area (Å²) >= 11 is 2.99. The monoisotopic (exact) mass is 267 g/mol. The highest BCUT2D eigenvalue weighted by Gasteiger charge is 2.12. The molecule has 0 aliphatic rings. The minimum absolute atomic E-state index is 0.0442. The molecular weight excluding hydrogens is 254 g/mol. The van der Waals surface area contributed by atoms with Crippen LogP contribution in [0.3, 0.4) is 0 Å². The van der Waals surface area contributed by atoms with E-state index in [1.807, 2.05) is 0 Å². The van der Waals surface area contributed by atoms with E-state index in [2.05, 4.69) is 0 Å². The molecule has 6 nitrogen and oxygen atoms in total. The number of nitro groups is 1. The number of carboxylic acid groups (broad SMARTS) is 1. The number of hydrogen-bond donors (Lipinski definition) is 1. The van der Waals surface area contributed by atoms with Crippen LogP contribution in [0.15, 0.2) is 0 Å². The zero-order valence-corrected chi connectivity index (χ0v) is 10.2. The fourth-order valence-electron chi connectivity index (χ4n) is 0.732. The van der Waals surface area contributed by atoms with Crippen LogP contribution in [0.25, 0.3) is 0 Å². The van der Waals surface area contributed by atoms with Gasteiger partial charge in [0, 0.05) is 23.0 Å². The Kier molecular flexibility index (Phi) is 9.02. The normalized spacial score (nSPS) is 10.0. The van der Waals surface area contributed by atoms with E-state index in [9.17, 15) is 19.7 Å². The first-order chi connectivity index (χ1) is 7.54. The van der Waals surface area contributed by atoms with Gasteiger partial charge in [0.2, 0.25) is 0 Å². The second-order valence-electron chi connectivity index (χ2n) is 2.77. The van der Waals surface area contributed by atoms with E-state index in [0.29, 0.717) is 11.5 Å². The highest BCUT2D eigenvalue weighted by Crippen LogP contribution is 2.09. The van der Waals surface area contributed by atoms with E-state index >= 15 is 0 Å². The Labute approximate surface area is 101 Å². The van der Waals surface area contributed by atoms with E-state index in [4.69, 9.17) is 5.11 Å². The lowest BCUT2D eigenvalue weighted by Crippen LogP contribution is -2.11. The summed E-state index contributed by atoms with van der Waals surface area (Å²) in [5, 5.41) is 18.3. The Morgan fingerprint density at radius 1 is 1.06 bits per heavy atom. The molecule has 0 aromatic rings. The van der Waals surface area contributed by atoms with Gasteiger partial charge in [0.1, 0.15) is 4.92 Å². The topological polar surface area (TPSA) is 97.5 Å². The highest BCUT2D eigenvalue weighted by molar-refractivity contribution is 8.02. The van der Waals surface area contributed by atoms with E-state index < -0.39 is 16.8 Å². The van der Waals surface area contributed by atoms with Gasteiger partial charge in [0.15, 0.2) is 0 Å². The lowest BCUT2D eigenvalue weighted by Gasteiger charge is -1.99. The van der Waals surface area contributed by atoms with Gasteiger partial charge in [-0.05, 0) is 0 Å². The Balaban J connectivity index is 3.19. The quantitative estimate of drug-likeness (QED) is 0.380. The van der Waals surface area contributed by atoms with Crippen molar-refractivity contribution in [2.75, 3.05) is 23.0 Å². The molecule has 0 aromatic heterocycles. The number of hydrogen-bond acceptors (Lipinski definition) is 6. The van der Waals surface area contributed by atoms with Gasteiger partial charge in [-0.1, -0.05) is 0 Å². The summed E-state index contributed by atoms with van der Waals surface area (Å²) in [6.07, 6.45) is 0.104. The van der Waals surface area contributed by atoms with Crippen LogP contribution in [0.4, 0.5) is 0 Å². The number of thioether (sulfide) groups is 2. The third kappa shape index (κ3) is 9.78. The summed E-state index contributed by atoms with van der Waals surface area (Å²) < 4.78 is 0. The van der Waals surface area contributed by atoms with Crippen LogP contribution in [0.1, 0.15) is 12.8 Å². The van der Waals surface area contributed by atoms with Gasteiger partial charge in [0.05, 0.1) is 12.8 Å². The fraction of sp³-hybridized carbons (Fsp3) is 0.750. The van der Waals surface area contributed by atoms with Crippen LogP contribution in [-0.4, -0.2) is 44.9 Å². The molecule has 0 spiro atoms. The number of amides is 1. The van der Waals surface area contributed by atoms with E-state index in [1.165, 1.54) is 23.5 Å². The number of aliphatic carboxylic acids is 1. The molecule has 1 N–H and O–H groups in total. The van der Waals surface area contributed by atoms with E-state index in [1.54, 1.807) is 0 Å². The summed E-state index contributed by atoms with van der Waals surface area (Å²) in [6.45, 7) is 0. The van der Waals surface area contributed by atoms with Crippen LogP contribution in [0.2, 0.25) is 0 Å². The van der Waals surface area contributed by atoms with Crippen molar-refractivity contribution in [3.8, 4) is 0 Å². The smallest absolute Gasteiger partial charge is 0.445 e. The molecule has 0 aliphatic heterocycles. The first-order valence-corrected chi connectivity index (χ1v) is 6.89. The molecule has 1 amide bonds. The largest absolute Gasteiger partial charge is 0.481 e. The summed E-state index contributed by atoms with van der Waals surface area (Å²) in [7, 11) is 0. The molecule has 0 heterocycles. The summed E-state index contributed by atoms with van der Waals surface area (Å²) in [5.41, 5.74) is 0. The molecule has 0 saturated heterocycles. The molecule has 92 valence electrons. The van der Waals surface area contributed by atoms with Gasteiger partial charge in [-0.25, -0.2) is 4.79 Å². The second kappa shape index (κ2) is 9.46. The van der Waals surface area contributed by atoms with Gasteiger partial charge in [-0.3, -0.25) is 14.9 Å². The number of rotatable bonds is 9. The standard InChI is InChI=1S/C8H13NO5S2/c10-7(9(13)14)1-3-15-5-6-16-4-2-8(11)12/h1-6H2,(H,11,12). The Morgan fingerprint density at radius 3 is 2.00 bits per heavy atom. The SMILES string of the molecule is O=C(O)CCSCCSCCC(=O)[N+](=O)[O-]. The van der Waals surface area contributed by atoms with Crippen molar-refractivity contribution in [2.45, 2.75) is 12.8 Å². The lowest BCUT2D eigenvalue weighted by atomic mass is 10.5. The number of carbonyl (C=O) groups is 2. The van der Waals surface area contributed by atoms with Crippen molar-refractivity contribution in [2.24, 2.45) is 0 Å². The zero-order chi connectivity index (χ0) is 12.4. The molecule has 8 heteroatoms. The predicted octanol–water partition coefficient (Wildman–Crippen LogP) is 1.12. The van der Waals surface area contributed by atoms with Crippen LogP contribution < -0.4 is 0 Å². The minimum Gasteiger partial charge on any atom is -0.481 e. The summed E-state index contributed by atoms with van der Waals surface area (Å²) in [6, 6.07) is 0. The second-order valence-corrected chi connectivity index (χ2v) is 5.22. The molecule has 0 rings (SSSR count). The predicted molar refractivity (Wildman–Crippen MR) is 63.5 cm³/mol. The van der Waals surface area contributed by atoms with Crippen molar-refractivity contribution in [3.05, 3.63) is 10.1 Å². The average Bonchev–Trinajstić information content (AvgIpc) is 2.21. The molecule has 0 aromatic carbocycles. The summed E-state index contributed by atoms with van der Waals surface area (Å²) in [5.74, 6) is 0.825. The van der Waals surface area contributed by atoms with Crippen LogP contribution in [0, 0.1) is 10.1 Å². The van der Waals surface area contributed by atoms with Gasteiger partial charge < -0.3 is 5.11 Å². The van der Waals surface area contributed by atoms with Crippen molar-refractivity contribution in [1.82, 2.24) is 0 Å². The molecule has 0 fully saturated rings. The Hall–Kier alpha value is -0.760. The minimum atomic E-state index is -0.953. The van der Waals surface area contributed by atoms with Gasteiger partial charge in [0.25, 0.3) is 0 Å². The van der Waals surface area contributed by atoms with Gasteiger partial charge >= 0.3 is 11.9 Å². The van der Waals surface area contributed by atoms with Crippen LogP contribution in [-0.2, 0) is 9.59 Å². The van der Waals surface area contributed by atoms with Gasteiger partial charge in [-0.2, -0.15) is 23.5 Å². The molecule has 0 bridgehead atoms. The number of nitrogens with zero attached hydrogens (tertiary/aromatic N) is 1. The third-order valence-corrected chi connectivity index (χ3v) is 3.73. The fourth-order valence-corrected chi connectivity index (χ4v) is 2.72. The molecule has 0 atom stereocenters. The van der Waals surface area contributed by atoms with Crippen LogP contribution in [0.5, 0.6) is 0 Å². The maximum Gasteiger partial charge on any atom is 0.445 e. The Bertz CT molecular complexity index is 259. The summed E-state index contributed by atoms with van der Waals surface area (Å²) in [4.78, 5) is 29.8. The molecule has 0 unspecified atom stereocenters. The van der Waals surface area contributed by atoms with E-state index in [-0.39, 0.29) is 12.8 Å². The highest BCUT2D eigenvalue weighted by atomic mass is 32.2. The first kappa shape index (κ1) is 15.2. The molecule has 16 heavy (non-hydrogen) atoms. The lowest BCUT2D eigenvalue weighted by molar-refractivity contribution is -0.402. The van der Waals surface area contributed by atoms with E-state index in [0.717, 1.165) is 11.5 Å². The molecular formula is C8H13NO5S2. The molecule has 0 aliphatic carbocycles. The molecule has 0 saturated carbocycles. The zero-order valence-electron chi connectivity index (χ0n) is 8.59. The average molecular weight is 267 g/mol. The third-order valence-electron chi connectivity index (χ3n) is 1.50. The van der Waals surface area contributed by atoms with Crippen molar-refractivity contribution >= 4 is 35.4 Å². The maximum atomic E-state index is 10.6. The number of carbonyl (C=O) groups excluding carboxylic acids is 1. The first-order valence-electron chi connectivity index (χ1n) is 4.58. The van der Waals surface area contributed by atoms with Crippen LogP contribution >= 0.6 is 23.5 Å². The van der Waals surface area contributed by atoms with Gasteiger partial charge in [-0.15, -0.1) is 0 Å². The molecule has 0 radical (unpaired) electrons.